The summed E-state index contributed by atoms with van der Waals surface area (Å²) in [6.07, 6.45) is 0.850. The second-order valence-electron chi connectivity index (χ2n) is 6.79. The van der Waals surface area contributed by atoms with Gasteiger partial charge in [-0.3, -0.25) is 9.69 Å². The number of benzene rings is 2. The van der Waals surface area contributed by atoms with E-state index in [1.54, 1.807) is 7.11 Å². The van der Waals surface area contributed by atoms with Gasteiger partial charge in [-0.25, -0.2) is 18.1 Å². The Kier molecular flexibility index (Phi) is 6.91. The predicted octanol–water partition coefficient (Wildman–Crippen LogP) is 1.35. The molecule has 1 amide bonds. The monoisotopic (exact) mass is 431 g/mol. The molecule has 0 fully saturated rings. The molecule has 1 aliphatic rings. The molecule has 0 radical (unpaired) electrons. The minimum Gasteiger partial charge on any atom is -0.497 e. The Labute approximate surface area is 176 Å². The largest absolute Gasteiger partial charge is 0.497 e. The summed E-state index contributed by atoms with van der Waals surface area (Å²) in [5.74, 6) is 0.812. The van der Waals surface area contributed by atoms with E-state index >= 15 is 0 Å². The molecule has 0 spiro atoms. The fourth-order valence-electron chi connectivity index (χ4n) is 2.87. The molecule has 2 aromatic rings. The van der Waals surface area contributed by atoms with Gasteiger partial charge >= 0.3 is 0 Å². The third-order valence-electron chi connectivity index (χ3n) is 4.49. The van der Waals surface area contributed by atoms with Crippen molar-refractivity contribution < 1.29 is 17.9 Å². The second-order valence-corrected chi connectivity index (χ2v) is 8.47. The maximum Gasteiger partial charge on any atom is 0.264 e. The number of guanidine groups is 1. The SMILES string of the molecule is COc1ccc(CCN2CN=C(NS(=O)(=O)c3ccc(NC(C)=O)cc3)NC2)cc1. The molecule has 0 unspecified atom stereocenters. The van der Waals surface area contributed by atoms with Crippen LogP contribution < -0.4 is 20.1 Å². The molecule has 3 N–H and O–H groups in total. The summed E-state index contributed by atoms with van der Waals surface area (Å²) in [6, 6.07) is 13.8. The van der Waals surface area contributed by atoms with Crippen LogP contribution in [0.1, 0.15) is 12.5 Å². The van der Waals surface area contributed by atoms with Gasteiger partial charge in [0.2, 0.25) is 11.9 Å². The van der Waals surface area contributed by atoms with Crippen LogP contribution in [0.5, 0.6) is 5.75 Å². The normalized spacial score (nSPS) is 14.4. The van der Waals surface area contributed by atoms with Crippen molar-refractivity contribution in [3.63, 3.8) is 0 Å². The molecule has 1 heterocycles. The van der Waals surface area contributed by atoms with Gasteiger partial charge in [0.05, 0.1) is 25.3 Å². The minimum atomic E-state index is -3.77. The van der Waals surface area contributed by atoms with Crippen molar-refractivity contribution in [2.45, 2.75) is 18.2 Å². The quantitative estimate of drug-likeness (QED) is 0.610. The van der Waals surface area contributed by atoms with Gasteiger partial charge < -0.3 is 15.4 Å². The van der Waals surface area contributed by atoms with Crippen molar-refractivity contribution in [1.82, 2.24) is 14.9 Å². The zero-order chi connectivity index (χ0) is 21.6. The molecule has 0 atom stereocenters. The average Bonchev–Trinajstić information content (AvgIpc) is 2.73. The summed E-state index contributed by atoms with van der Waals surface area (Å²) >= 11 is 0. The number of hydrogen-bond donors (Lipinski definition) is 3. The maximum atomic E-state index is 12.5. The number of aliphatic imine (C=N–C) groups is 1. The number of anilines is 1. The van der Waals surface area contributed by atoms with E-state index in [9.17, 15) is 13.2 Å². The summed E-state index contributed by atoms with van der Waals surface area (Å²) in [5.41, 5.74) is 1.72. The van der Waals surface area contributed by atoms with E-state index in [0.29, 0.717) is 19.0 Å². The highest BCUT2D eigenvalue weighted by molar-refractivity contribution is 7.90. The van der Waals surface area contributed by atoms with Crippen molar-refractivity contribution in [3.8, 4) is 5.75 Å². The first-order chi connectivity index (χ1) is 14.4. The van der Waals surface area contributed by atoms with Gasteiger partial charge in [-0.05, 0) is 48.4 Å². The lowest BCUT2D eigenvalue weighted by molar-refractivity contribution is -0.114. The molecule has 30 heavy (non-hydrogen) atoms. The minimum absolute atomic E-state index is 0.0861. The van der Waals surface area contributed by atoms with Crippen LogP contribution in [0.2, 0.25) is 0 Å². The van der Waals surface area contributed by atoms with Crippen LogP contribution in [0.25, 0.3) is 0 Å². The van der Waals surface area contributed by atoms with Gasteiger partial charge in [0.15, 0.2) is 0 Å². The molecule has 0 bridgehead atoms. The van der Waals surface area contributed by atoms with E-state index < -0.39 is 10.0 Å². The molecule has 2 aromatic carbocycles. The summed E-state index contributed by atoms with van der Waals surface area (Å²) < 4.78 is 32.7. The fourth-order valence-corrected chi connectivity index (χ4v) is 3.87. The van der Waals surface area contributed by atoms with Gasteiger partial charge in [0.1, 0.15) is 5.75 Å². The van der Waals surface area contributed by atoms with Crippen LogP contribution in [0, 0.1) is 0 Å². The molecule has 9 nitrogen and oxygen atoms in total. The number of rotatable bonds is 7. The number of nitrogens with one attached hydrogen (secondary N) is 3. The number of carbonyl (C=O) groups excluding carboxylic acids is 1. The topological polar surface area (TPSA) is 112 Å². The van der Waals surface area contributed by atoms with Crippen LogP contribution in [-0.2, 0) is 21.2 Å². The van der Waals surface area contributed by atoms with Crippen molar-refractivity contribution in [3.05, 3.63) is 54.1 Å². The number of methoxy groups -OCH3 is 1. The zero-order valence-corrected chi connectivity index (χ0v) is 17.7. The lowest BCUT2D eigenvalue weighted by Crippen LogP contribution is -2.50. The molecular formula is C20H25N5O4S. The molecule has 3 rings (SSSR count). The molecule has 0 aliphatic carbocycles. The first-order valence-electron chi connectivity index (χ1n) is 9.40. The highest BCUT2D eigenvalue weighted by atomic mass is 32.2. The first-order valence-corrected chi connectivity index (χ1v) is 10.9. The molecule has 0 saturated carbocycles. The number of ether oxygens (including phenoxy) is 1. The Bertz CT molecular complexity index is 1000. The van der Waals surface area contributed by atoms with Crippen LogP contribution in [0.15, 0.2) is 58.4 Å². The molecule has 1 aliphatic heterocycles. The Morgan fingerprint density at radius 2 is 1.87 bits per heavy atom. The summed E-state index contributed by atoms with van der Waals surface area (Å²) in [6.45, 7) is 3.05. The predicted molar refractivity (Wildman–Crippen MR) is 115 cm³/mol. The van der Waals surface area contributed by atoms with E-state index in [2.05, 4.69) is 25.2 Å². The summed E-state index contributed by atoms with van der Waals surface area (Å²) in [4.78, 5) is 17.5. The Morgan fingerprint density at radius 1 is 1.17 bits per heavy atom. The smallest absolute Gasteiger partial charge is 0.264 e. The van der Waals surface area contributed by atoms with Gasteiger partial charge in [0, 0.05) is 19.2 Å². The molecule has 0 saturated heterocycles. The molecule has 0 aromatic heterocycles. The van der Waals surface area contributed by atoms with E-state index in [0.717, 1.165) is 18.7 Å². The summed E-state index contributed by atoms with van der Waals surface area (Å²) in [7, 11) is -2.13. The van der Waals surface area contributed by atoms with Crippen molar-refractivity contribution in [2.24, 2.45) is 4.99 Å². The second kappa shape index (κ2) is 9.59. The number of carbonyl (C=O) groups is 1. The lowest BCUT2D eigenvalue weighted by atomic mass is 10.1. The average molecular weight is 432 g/mol. The standard InChI is InChI=1S/C20H25N5O4S/c1-15(26)23-17-5-9-19(10-6-17)30(27,28)24-20-21-13-25(14-22-20)12-11-16-3-7-18(29-2)8-4-16/h3-10H,11-14H2,1-2H3,(H,23,26)(H2,21,22,24). The number of nitrogens with zero attached hydrogens (tertiary/aromatic N) is 2. The Hall–Kier alpha value is -3.11. The molecular weight excluding hydrogens is 406 g/mol. The van der Waals surface area contributed by atoms with Gasteiger partial charge in [-0.15, -0.1) is 0 Å². The van der Waals surface area contributed by atoms with Crippen LogP contribution in [0.3, 0.4) is 0 Å². The molecule has 10 heteroatoms. The van der Waals surface area contributed by atoms with Crippen molar-refractivity contribution in [1.29, 1.82) is 0 Å². The van der Waals surface area contributed by atoms with E-state index in [4.69, 9.17) is 4.74 Å². The maximum absolute atomic E-state index is 12.5. The molecule has 160 valence electrons. The fraction of sp³-hybridized carbons (Fsp3) is 0.300. The number of sulfonamides is 1. The van der Waals surface area contributed by atoms with Gasteiger partial charge in [-0.1, -0.05) is 12.1 Å². The Morgan fingerprint density at radius 3 is 2.43 bits per heavy atom. The highest BCUT2D eigenvalue weighted by Crippen LogP contribution is 2.14. The third kappa shape index (κ3) is 5.94. The highest BCUT2D eigenvalue weighted by Gasteiger charge is 2.19. The van der Waals surface area contributed by atoms with Crippen LogP contribution >= 0.6 is 0 Å². The first kappa shape index (κ1) is 21.6. The van der Waals surface area contributed by atoms with Gasteiger partial charge in [0.25, 0.3) is 10.0 Å². The van der Waals surface area contributed by atoms with Crippen LogP contribution in [-0.4, -0.2) is 52.2 Å². The Balaban J connectivity index is 1.52. The van der Waals surface area contributed by atoms with E-state index in [1.807, 2.05) is 24.3 Å². The van der Waals surface area contributed by atoms with E-state index in [-0.39, 0.29) is 16.8 Å². The van der Waals surface area contributed by atoms with Crippen molar-refractivity contribution >= 4 is 27.6 Å². The third-order valence-corrected chi connectivity index (χ3v) is 5.85. The number of hydrogen-bond acceptors (Lipinski definition) is 7. The van der Waals surface area contributed by atoms with E-state index in [1.165, 1.54) is 36.8 Å². The number of amides is 1. The van der Waals surface area contributed by atoms with Gasteiger partial charge in [-0.2, -0.15) is 0 Å². The summed E-state index contributed by atoms with van der Waals surface area (Å²) in [5, 5.41) is 5.59. The van der Waals surface area contributed by atoms with Crippen molar-refractivity contribution in [2.75, 3.05) is 32.3 Å². The lowest BCUT2D eigenvalue weighted by Gasteiger charge is -2.27. The zero-order valence-electron chi connectivity index (χ0n) is 16.9. The van der Waals surface area contributed by atoms with Crippen LogP contribution in [0.4, 0.5) is 5.69 Å².